The molecule has 1 aromatic rings. The van der Waals surface area contributed by atoms with Crippen molar-refractivity contribution in [3.8, 4) is 0 Å². The van der Waals surface area contributed by atoms with E-state index >= 15 is 0 Å². The maximum atomic E-state index is 12.2. The molecule has 0 aliphatic heterocycles. The molecule has 0 spiro atoms. The van der Waals surface area contributed by atoms with Crippen LogP contribution >= 0.6 is 0 Å². The van der Waals surface area contributed by atoms with Crippen molar-refractivity contribution in [2.75, 3.05) is 13.1 Å². The van der Waals surface area contributed by atoms with Crippen molar-refractivity contribution in [1.29, 1.82) is 0 Å². The van der Waals surface area contributed by atoms with Gasteiger partial charge in [0.15, 0.2) is 0 Å². The van der Waals surface area contributed by atoms with E-state index in [-0.39, 0.29) is 17.3 Å². The summed E-state index contributed by atoms with van der Waals surface area (Å²) in [5.74, 6) is 0.672. The van der Waals surface area contributed by atoms with Crippen molar-refractivity contribution in [3.05, 3.63) is 11.4 Å². The Kier molecular flexibility index (Phi) is 6.79. The zero-order valence-corrected chi connectivity index (χ0v) is 15.3. The Hall–Kier alpha value is -1.41. The topological polar surface area (TPSA) is 104 Å². The highest BCUT2D eigenvalue weighted by Gasteiger charge is 2.21. The number of sulfonamides is 1. The Balaban J connectivity index is 1.67. The minimum absolute atomic E-state index is 0.00422. The number of aromatic nitrogens is 2. The van der Waals surface area contributed by atoms with Gasteiger partial charge in [0.25, 0.3) is 0 Å². The Morgan fingerprint density at radius 1 is 1.21 bits per heavy atom. The van der Waals surface area contributed by atoms with Gasteiger partial charge in [-0.1, -0.05) is 32.1 Å². The Bertz CT molecular complexity index is 629. The van der Waals surface area contributed by atoms with Crippen molar-refractivity contribution < 1.29 is 13.2 Å². The van der Waals surface area contributed by atoms with E-state index in [4.69, 9.17) is 0 Å². The molecule has 1 aromatic heterocycles. The fourth-order valence-electron chi connectivity index (χ4n) is 3.30. The average Bonchev–Trinajstić information content (AvgIpc) is 2.90. The van der Waals surface area contributed by atoms with Crippen molar-refractivity contribution in [2.24, 2.45) is 5.92 Å². The molecule has 0 radical (unpaired) electrons. The second-order valence-corrected chi connectivity index (χ2v) is 8.26. The van der Waals surface area contributed by atoms with E-state index < -0.39 is 10.0 Å². The number of aromatic amines is 1. The number of nitrogens with one attached hydrogen (secondary N) is 3. The van der Waals surface area contributed by atoms with Gasteiger partial charge < -0.3 is 5.32 Å². The van der Waals surface area contributed by atoms with E-state index in [1.54, 1.807) is 13.8 Å². The lowest BCUT2D eigenvalue weighted by Crippen LogP contribution is -2.35. The van der Waals surface area contributed by atoms with Crippen LogP contribution in [0.1, 0.15) is 56.3 Å². The molecule has 1 aliphatic rings. The van der Waals surface area contributed by atoms with Crippen LogP contribution in [0.5, 0.6) is 0 Å². The van der Waals surface area contributed by atoms with Gasteiger partial charge in [-0.05, 0) is 26.2 Å². The van der Waals surface area contributed by atoms with Gasteiger partial charge in [-0.2, -0.15) is 5.10 Å². The van der Waals surface area contributed by atoms with Crippen molar-refractivity contribution in [3.63, 3.8) is 0 Å². The monoisotopic (exact) mass is 356 g/mol. The van der Waals surface area contributed by atoms with Crippen LogP contribution < -0.4 is 10.0 Å². The molecule has 1 aliphatic carbocycles. The van der Waals surface area contributed by atoms with E-state index in [0.717, 1.165) is 6.42 Å². The van der Waals surface area contributed by atoms with Gasteiger partial charge in [0.2, 0.25) is 15.9 Å². The number of hydrogen-bond donors (Lipinski definition) is 3. The molecule has 0 atom stereocenters. The number of carbonyl (C=O) groups is 1. The Labute approximate surface area is 144 Å². The first-order valence-electron chi connectivity index (χ1n) is 8.68. The van der Waals surface area contributed by atoms with Crippen molar-refractivity contribution >= 4 is 15.9 Å². The number of hydrogen-bond acceptors (Lipinski definition) is 4. The van der Waals surface area contributed by atoms with Gasteiger partial charge in [-0.15, -0.1) is 0 Å². The highest BCUT2D eigenvalue weighted by atomic mass is 32.2. The lowest BCUT2D eigenvalue weighted by atomic mass is 9.86. The maximum Gasteiger partial charge on any atom is 0.244 e. The average molecular weight is 356 g/mol. The molecule has 3 N–H and O–H groups in total. The summed E-state index contributed by atoms with van der Waals surface area (Å²) in [5.41, 5.74) is 0.952. The van der Waals surface area contributed by atoms with Gasteiger partial charge >= 0.3 is 0 Å². The smallest absolute Gasteiger partial charge is 0.244 e. The second-order valence-electron chi connectivity index (χ2n) is 6.55. The first-order valence-corrected chi connectivity index (χ1v) is 10.2. The summed E-state index contributed by atoms with van der Waals surface area (Å²) >= 11 is 0. The predicted molar refractivity (Wildman–Crippen MR) is 92.1 cm³/mol. The Morgan fingerprint density at radius 3 is 2.54 bits per heavy atom. The quantitative estimate of drug-likeness (QED) is 0.618. The summed E-state index contributed by atoms with van der Waals surface area (Å²) in [6, 6.07) is 0. The van der Waals surface area contributed by atoms with Crippen molar-refractivity contribution in [1.82, 2.24) is 20.2 Å². The third-order valence-electron chi connectivity index (χ3n) is 4.57. The number of H-pyrrole nitrogens is 1. The third kappa shape index (κ3) is 5.31. The zero-order chi connectivity index (χ0) is 17.6. The fourth-order valence-corrected chi connectivity index (χ4v) is 4.69. The lowest BCUT2D eigenvalue weighted by molar-refractivity contribution is -0.121. The van der Waals surface area contributed by atoms with Crippen LogP contribution in [0.25, 0.3) is 0 Å². The molecule has 24 heavy (non-hydrogen) atoms. The number of carbonyl (C=O) groups excluding carboxylic acids is 1. The molecule has 1 heterocycles. The molecule has 0 bridgehead atoms. The van der Waals surface area contributed by atoms with Gasteiger partial charge in [0.1, 0.15) is 4.90 Å². The van der Waals surface area contributed by atoms with Crippen LogP contribution in [0.2, 0.25) is 0 Å². The summed E-state index contributed by atoms with van der Waals surface area (Å²) in [5, 5.41) is 9.33. The van der Waals surface area contributed by atoms with Gasteiger partial charge in [-0.25, -0.2) is 13.1 Å². The highest BCUT2D eigenvalue weighted by molar-refractivity contribution is 7.89. The normalized spacial score (nSPS) is 16.2. The van der Waals surface area contributed by atoms with E-state index in [2.05, 4.69) is 20.2 Å². The molecule has 0 unspecified atom stereocenters. The van der Waals surface area contributed by atoms with Crippen LogP contribution in [0.3, 0.4) is 0 Å². The number of amides is 1. The number of aryl methyl sites for hydroxylation is 2. The first kappa shape index (κ1) is 18.9. The van der Waals surface area contributed by atoms with Gasteiger partial charge in [0, 0.05) is 19.5 Å². The Morgan fingerprint density at radius 2 is 1.92 bits per heavy atom. The van der Waals surface area contributed by atoms with Crippen LogP contribution in [0.4, 0.5) is 0 Å². The first-order chi connectivity index (χ1) is 11.4. The summed E-state index contributed by atoms with van der Waals surface area (Å²) in [4.78, 5) is 12.0. The molecule has 1 fully saturated rings. The van der Waals surface area contributed by atoms with Crippen molar-refractivity contribution in [2.45, 2.75) is 63.7 Å². The van der Waals surface area contributed by atoms with E-state index in [1.165, 1.54) is 32.1 Å². The molecular weight excluding hydrogens is 328 g/mol. The van der Waals surface area contributed by atoms with Crippen LogP contribution in [-0.4, -0.2) is 37.6 Å². The molecular formula is C16H28N4O3S. The largest absolute Gasteiger partial charge is 0.355 e. The van der Waals surface area contributed by atoms with Crippen LogP contribution in [0.15, 0.2) is 4.90 Å². The number of rotatable bonds is 8. The summed E-state index contributed by atoms with van der Waals surface area (Å²) in [7, 11) is -3.60. The predicted octanol–water partition coefficient (Wildman–Crippen LogP) is 1.78. The second kappa shape index (κ2) is 8.62. The molecule has 136 valence electrons. The third-order valence-corrected chi connectivity index (χ3v) is 6.30. The molecule has 8 heteroatoms. The molecule has 2 rings (SSSR count). The SMILES string of the molecule is Cc1n[nH]c(C)c1S(=O)(=O)NCCNC(=O)CCC1CCCCC1. The van der Waals surface area contributed by atoms with Gasteiger partial charge in [0.05, 0.1) is 11.4 Å². The zero-order valence-electron chi connectivity index (χ0n) is 14.5. The summed E-state index contributed by atoms with van der Waals surface area (Å²) in [6.45, 7) is 3.77. The molecule has 1 amide bonds. The lowest BCUT2D eigenvalue weighted by Gasteiger charge is -2.20. The summed E-state index contributed by atoms with van der Waals surface area (Å²) < 4.78 is 27.0. The molecule has 0 saturated heterocycles. The highest BCUT2D eigenvalue weighted by Crippen LogP contribution is 2.27. The molecule has 0 aromatic carbocycles. The maximum absolute atomic E-state index is 12.2. The molecule has 1 saturated carbocycles. The summed E-state index contributed by atoms with van der Waals surface area (Å²) in [6.07, 6.45) is 7.80. The van der Waals surface area contributed by atoms with Crippen LogP contribution in [0, 0.1) is 19.8 Å². The van der Waals surface area contributed by atoms with Crippen LogP contribution in [-0.2, 0) is 14.8 Å². The van der Waals surface area contributed by atoms with E-state index in [1.807, 2.05) is 0 Å². The molecule has 7 nitrogen and oxygen atoms in total. The van der Waals surface area contributed by atoms with E-state index in [9.17, 15) is 13.2 Å². The fraction of sp³-hybridized carbons (Fsp3) is 0.750. The minimum atomic E-state index is -3.60. The standard InChI is InChI=1S/C16H28N4O3S/c1-12-16(13(2)20-19-12)24(22,23)18-11-10-17-15(21)9-8-14-6-4-3-5-7-14/h14,18H,3-11H2,1-2H3,(H,17,21)(H,19,20). The minimum Gasteiger partial charge on any atom is -0.355 e. The van der Waals surface area contributed by atoms with E-state index in [0.29, 0.717) is 30.3 Å². The number of nitrogens with zero attached hydrogens (tertiary/aromatic N) is 1. The van der Waals surface area contributed by atoms with Gasteiger partial charge in [-0.3, -0.25) is 9.89 Å².